The standard InChI is InChI=1S/C13H18N2O2/c1-2-9-5-6-12(16)11(8-9)15-13(17)10-4-3-7-14-10/h5-6,8,10,14,16H,2-4,7H2,1H3,(H,15,17)/t10-/m0/s1. The number of phenols is 1. The molecule has 1 fully saturated rings. The van der Waals surface area contributed by atoms with Crippen LogP contribution in [0.2, 0.25) is 0 Å². The molecule has 0 saturated carbocycles. The van der Waals surface area contributed by atoms with Crippen LogP contribution in [-0.4, -0.2) is 23.6 Å². The number of phenolic OH excluding ortho intramolecular Hbond substituents is 1. The number of nitrogens with one attached hydrogen (secondary N) is 2. The summed E-state index contributed by atoms with van der Waals surface area (Å²) in [6, 6.07) is 5.18. The van der Waals surface area contributed by atoms with E-state index in [0.29, 0.717) is 5.69 Å². The molecule has 92 valence electrons. The first-order chi connectivity index (χ1) is 8.20. The molecular formula is C13H18N2O2. The van der Waals surface area contributed by atoms with Gasteiger partial charge in [0.2, 0.25) is 5.91 Å². The Labute approximate surface area is 101 Å². The van der Waals surface area contributed by atoms with E-state index in [1.165, 1.54) is 0 Å². The summed E-state index contributed by atoms with van der Waals surface area (Å²) in [4.78, 5) is 11.9. The minimum absolute atomic E-state index is 0.0638. The Morgan fingerprint density at radius 2 is 2.41 bits per heavy atom. The minimum atomic E-state index is -0.125. The molecule has 4 heteroatoms. The molecule has 1 aliphatic rings. The summed E-state index contributed by atoms with van der Waals surface area (Å²) >= 11 is 0. The van der Waals surface area contributed by atoms with Gasteiger partial charge in [-0.2, -0.15) is 0 Å². The molecule has 0 radical (unpaired) electrons. The van der Waals surface area contributed by atoms with Crippen molar-refractivity contribution in [2.24, 2.45) is 0 Å². The fourth-order valence-electron chi connectivity index (χ4n) is 2.03. The molecule has 1 amide bonds. The lowest BCUT2D eigenvalue weighted by molar-refractivity contribution is -0.117. The molecule has 4 nitrogen and oxygen atoms in total. The molecular weight excluding hydrogens is 216 g/mol. The Bertz CT molecular complexity index is 412. The highest BCUT2D eigenvalue weighted by atomic mass is 16.3. The van der Waals surface area contributed by atoms with Gasteiger partial charge in [-0.1, -0.05) is 13.0 Å². The van der Waals surface area contributed by atoms with Crippen LogP contribution in [0.1, 0.15) is 25.3 Å². The van der Waals surface area contributed by atoms with Gasteiger partial charge in [-0.15, -0.1) is 0 Å². The Morgan fingerprint density at radius 1 is 1.59 bits per heavy atom. The van der Waals surface area contributed by atoms with Crippen LogP contribution in [0.4, 0.5) is 5.69 Å². The average molecular weight is 234 g/mol. The number of hydrogen-bond donors (Lipinski definition) is 3. The van der Waals surface area contributed by atoms with Crippen molar-refractivity contribution in [2.75, 3.05) is 11.9 Å². The normalized spacial score (nSPS) is 19.2. The molecule has 17 heavy (non-hydrogen) atoms. The summed E-state index contributed by atoms with van der Waals surface area (Å²) in [6.45, 7) is 2.93. The lowest BCUT2D eigenvalue weighted by Crippen LogP contribution is -2.35. The van der Waals surface area contributed by atoms with E-state index in [9.17, 15) is 9.90 Å². The first-order valence-electron chi connectivity index (χ1n) is 6.07. The molecule has 0 aliphatic carbocycles. The van der Waals surface area contributed by atoms with Gasteiger partial charge in [0.1, 0.15) is 5.75 Å². The third-order valence-electron chi connectivity index (χ3n) is 3.10. The maximum atomic E-state index is 11.9. The van der Waals surface area contributed by atoms with E-state index in [2.05, 4.69) is 10.6 Å². The van der Waals surface area contributed by atoms with Gasteiger partial charge in [-0.25, -0.2) is 0 Å². The van der Waals surface area contributed by atoms with Gasteiger partial charge in [0.15, 0.2) is 0 Å². The second-order valence-electron chi connectivity index (χ2n) is 4.34. The summed E-state index contributed by atoms with van der Waals surface area (Å²) in [7, 11) is 0. The van der Waals surface area contributed by atoms with E-state index in [1.54, 1.807) is 6.07 Å². The SMILES string of the molecule is CCc1ccc(O)c(NC(=O)[C@@H]2CCCN2)c1. The topological polar surface area (TPSA) is 61.4 Å². The monoisotopic (exact) mass is 234 g/mol. The van der Waals surface area contributed by atoms with Crippen molar-refractivity contribution in [1.29, 1.82) is 0 Å². The summed E-state index contributed by atoms with van der Waals surface area (Å²) < 4.78 is 0. The maximum absolute atomic E-state index is 11.9. The number of hydrogen-bond acceptors (Lipinski definition) is 3. The van der Waals surface area contributed by atoms with Crippen LogP contribution in [0.25, 0.3) is 0 Å². The number of anilines is 1. The molecule has 1 aromatic carbocycles. The molecule has 0 unspecified atom stereocenters. The number of amides is 1. The first kappa shape index (κ1) is 11.9. The Kier molecular flexibility index (Phi) is 3.64. The van der Waals surface area contributed by atoms with E-state index in [-0.39, 0.29) is 17.7 Å². The first-order valence-corrected chi connectivity index (χ1v) is 6.07. The second-order valence-corrected chi connectivity index (χ2v) is 4.34. The van der Waals surface area contributed by atoms with E-state index in [1.807, 2.05) is 19.1 Å². The van der Waals surface area contributed by atoms with Gasteiger partial charge in [-0.05, 0) is 43.5 Å². The van der Waals surface area contributed by atoms with E-state index in [0.717, 1.165) is 31.4 Å². The highest BCUT2D eigenvalue weighted by Crippen LogP contribution is 2.25. The summed E-state index contributed by atoms with van der Waals surface area (Å²) in [5, 5.41) is 15.6. The number of aryl methyl sites for hydroxylation is 1. The lowest BCUT2D eigenvalue weighted by Gasteiger charge is -2.13. The van der Waals surface area contributed by atoms with E-state index >= 15 is 0 Å². The molecule has 0 aromatic heterocycles. The third kappa shape index (κ3) is 2.77. The predicted molar refractivity (Wildman–Crippen MR) is 67.1 cm³/mol. The maximum Gasteiger partial charge on any atom is 0.241 e. The van der Waals surface area contributed by atoms with Crippen molar-refractivity contribution in [3.05, 3.63) is 23.8 Å². The number of benzene rings is 1. The fourth-order valence-corrected chi connectivity index (χ4v) is 2.03. The fraction of sp³-hybridized carbons (Fsp3) is 0.462. The highest BCUT2D eigenvalue weighted by molar-refractivity contribution is 5.96. The molecule has 2 rings (SSSR count). The highest BCUT2D eigenvalue weighted by Gasteiger charge is 2.22. The van der Waals surface area contributed by atoms with E-state index in [4.69, 9.17) is 0 Å². The van der Waals surface area contributed by atoms with Crippen molar-refractivity contribution in [3.8, 4) is 5.75 Å². The van der Waals surface area contributed by atoms with Crippen LogP contribution >= 0.6 is 0 Å². The van der Waals surface area contributed by atoms with E-state index < -0.39 is 0 Å². The van der Waals surface area contributed by atoms with Gasteiger partial charge < -0.3 is 15.7 Å². The Hall–Kier alpha value is -1.55. The molecule has 1 saturated heterocycles. The quantitative estimate of drug-likeness (QED) is 0.697. The van der Waals surface area contributed by atoms with Crippen LogP contribution < -0.4 is 10.6 Å². The van der Waals surface area contributed by atoms with Crippen molar-refractivity contribution < 1.29 is 9.90 Å². The van der Waals surface area contributed by atoms with Crippen LogP contribution in [0.3, 0.4) is 0 Å². The molecule has 0 bridgehead atoms. The van der Waals surface area contributed by atoms with Crippen LogP contribution in [0, 0.1) is 0 Å². The van der Waals surface area contributed by atoms with Crippen molar-refractivity contribution >= 4 is 11.6 Å². The molecule has 1 heterocycles. The Morgan fingerprint density at radius 3 is 3.06 bits per heavy atom. The second kappa shape index (κ2) is 5.19. The smallest absolute Gasteiger partial charge is 0.241 e. The number of carbonyl (C=O) groups excluding carboxylic acids is 1. The summed E-state index contributed by atoms with van der Waals surface area (Å²) in [5.74, 6) is 0.0552. The largest absolute Gasteiger partial charge is 0.506 e. The Balaban J connectivity index is 2.09. The van der Waals surface area contributed by atoms with Gasteiger partial charge in [0.25, 0.3) is 0 Å². The number of aromatic hydroxyl groups is 1. The molecule has 1 atom stereocenters. The van der Waals surface area contributed by atoms with Gasteiger partial charge >= 0.3 is 0 Å². The number of carbonyl (C=O) groups is 1. The molecule has 3 N–H and O–H groups in total. The summed E-state index contributed by atoms with van der Waals surface area (Å²) in [6.07, 6.45) is 2.77. The number of rotatable bonds is 3. The predicted octanol–water partition coefficient (Wildman–Crippen LogP) is 1.65. The van der Waals surface area contributed by atoms with Crippen molar-refractivity contribution in [1.82, 2.24) is 5.32 Å². The van der Waals surface area contributed by atoms with Crippen LogP contribution in [0.15, 0.2) is 18.2 Å². The zero-order chi connectivity index (χ0) is 12.3. The van der Waals surface area contributed by atoms with Gasteiger partial charge in [0, 0.05) is 0 Å². The minimum Gasteiger partial charge on any atom is -0.506 e. The van der Waals surface area contributed by atoms with Crippen LogP contribution in [0.5, 0.6) is 5.75 Å². The van der Waals surface area contributed by atoms with Gasteiger partial charge in [0.05, 0.1) is 11.7 Å². The third-order valence-corrected chi connectivity index (χ3v) is 3.10. The molecule has 1 aromatic rings. The van der Waals surface area contributed by atoms with Crippen LogP contribution in [-0.2, 0) is 11.2 Å². The zero-order valence-corrected chi connectivity index (χ0v) is 9.99. The summed E-state index contributed by atoms with van der Waals surface area (Å²) in [5.41, 5.74) is 1.60. The molecule has 0 spiro atoms. The lowest BCUT2D eigenvalue weighted by atomic mass is 10.1. The van der Waals surface area contributed by atoms with Crippen molar-refractivity contribution in [3.63, 3.8) is 0 Å². The van der Waals surface area contributed by atoms with Gasteiger partial charge in [-0.3, -0.25) is 4.79 Å². The molecule has 1 aliphatic heterocycles. The zero-order valence-electron chi connectivity index (χ0n) is 9.99. The van der Waals surface area contributed by atoms with Crippen molar-refractivity contribution in [2.45, 2.75) is 32.2 Å². The average Bonchev–Trinajstić information content (AvgIpc) is 2.85.